The molecule has 2 aromatic carbocycles. The summed E-state index contributed by atoms with van der Waals surface area (Å²) in [6.45, 7) is 2.66. The Labute approximate surface area is 140 Å². The van der Waals surface area contributed by atoms with E-state index in [1.54, 1.807) is 12.1 Å². The number of carbonyl (C=O) groups is 1. The van der Waals surface area contributed by atoms with Crippen LogP contribution in [0.25, 0.3) is 0 Å². The van der Waals surface area contributed by atoms with Crippen molar-refractivity contribution in [3.8, 4) is 17.2 Å². The molecule has 0 atom stereocenters. The van der Waals surface area contributed by atoms with E-state index >= 15 is 0 Å². The van der Waals surface area contributed by atoms with Crippen LogP contribution in [0.5, 0.6) is 17.2 Å². The fraction of sp³-hybridized carbons (Fsp3) is 0.278. The first-order valence-corrected chi connectivity index (χ1v) is 7.80. The zero-order valence-electron chi connectivity index (χ0n) is 13.5. The van der Waals surface area contributed by atoms with Crippen LogP contribution < -0.4 is 25.3 Å². The number of amides is 1. The molecule has 0 fully saturated rings. The molecule has 0 unspecified atom stereocenters. The van der Waals surface area contributed by atoms with E-state index in [9.17, 15) is 4.79 Å². The fourth-order valence-corrected chi connectivity index (χ4v) is 2.41. The van der Waals surface area contributed by atoms with Gasteiger partial charge in [0.2, 0.25) is 12.7 Å². The van der Waals surface area contributed by atoms with Gasteiger partial charge < -0.3 is 25.3 Å². The second-order valence-corrected chi connectivity index (χ2v) is 5.61. The molecular weight excluding hydrogens is 308 g/mol. The van der Waals surface area contributed by atoms with Crippen molar-refractivity contribution in [3.63, 3.8) is 0 Å². The van der Waals surface area contributed by atoms with Gasteiger partial charge in [0.1, 0.15) is 5.75 Å². The highest BCUT2D eigenvalue weighted by atomic mass is 16.7. The van der Waals surface area contributed by atoms with Crippen LogP contribution in [0.2, 0.25) is 0 Å². The van der Waals surface area contributed by atoms with E-state index in [2.05, 4.69) is 5.32 Å². The summed E-state index contributed by atoms with van der Waals surface area (Å²) in [5.41, 5.74) is 8.03. The number of ether oxygens (including phenoxy) is 3. The molecule has 0 saturated heterocycles. The van der Waals surface area contributed by atoms with Gasteiger partial charge >= 0.3 is 0 Å². The first-order chi connectivity index (χ1) is 11.6. The van der Waals surface area contributed by atoms with Crippen molar-refractivity contribution in [2.24, 2.45) is 0 Å². The van der Waals surface area contributed by atoms with E-state index in [-0.39, 0.29) is 12.7 Å². The highest BCUT2D eigenvalue weighted by molar-refractivity contribution is 5.94. The molecule has 6 nitrogen and oxygen atoms in total. The standard InChI is InChI=1S/C18H20N2O4/c1-12-4-2-5-13(8-12)22-7-3-6-18(21)20-15-10-17-16(9-14(15)19)23-11-24-17/h2,4-5,8-10H,3,6-7,11,19H2,1H3,(H,20,21). The molecule has 126 valence electrons. The van der Waals surface area contributed by atoms with Crippen molar-refractivity contribution in [1.82, 2.24) is 0 Å². The average Bonchev–Trinajstić information content (AvgIpc) is 2.99. The Morgan fingerprint density at radius 3 is 2.83 bits per heavy atom. The van der Waals surface area contributed by atoms with Crippen molar-refractivity contribution in [1.29, 1.82) is 0 Å². The smallest absolute Gasteiger partial charge is 0.231 e. The molecule has 1 aliphatic heterocycles. The minimum atomic E-state index is -0.117. The lowest BCUT2D eigenvalue weighted by atomic mass is 10.2. The number of anilines is 2. The lowest BCUT2D eigenvalue weighted by Gasteiger charge is -2.10. The lowest BCUT2D eigenvalue weighted by Crippen LogP contribution is -2.14. The van der Waals surface area contributed by atoms with Gasteiger partial charge in [-0.15, -0.1) is 0 Å². The van der Waals surface area contributed by atoms with Crippen LogP contribution in [0.15, 0.2) is 36.4 Å². The van der Waals surface area contributed by atoms with Gasteiger partial charge in [-0.05, 0) is 31.0 Å². The molecule has 2 aromatic rings. The van der Waals surface area contributed by atoms with Gasteiger partial charge in [-0.1, -0.05) is 12.1 Å². The molecule has 0 bridgehead atoms. The number of nitrogen functional groups attached to an aromatic ring is 1. The van der Waals surface area contributed by atoms with E-state index in [1.165, 1.54) is 0 Å². The summed E-state index contributed by atoms with van der Waals surface area (Å²) in [6, 6.07) is 11.2. The van der Waals surface area contributed by atoms with Crippen LogP contribution in [-0.2, 0) is 4.79 Å². The molecule has 3 N–H and O–H groups in total. The predicted molar refractivity (Wildman–Crippen MR) is 91.5 cm³/mol. The Hall–Kier alpha value is -2.89. The van der Waals surface area contributed by atoms with Crippen molar-refractivity contribution < 1.29 is 19.0 Å². The van der Waals surface area contributed by atoms with Gasteiger partial charge in [-0.3, -0.25) is 4.79 Å². The molecule has 0 aliphatic carbocycles. The third-order valence-corrected chi connectivity index (χ3v) is 3.63. The van der Waals surface area contributed by atoms with Crippen LogP contribution in [0.4, 0.5) is 11.4 Å². The van der Waals surface area contributed by atoms with E-state index in [0.29, 0.717) is 42.3 Å². The van der Waals surface area contributed by atoms with Gasteiger partial charge in [0, 0.05) is 18.6 Å². The van der Waals surface area contributed by atoms with Crippen molar-refractivity contribution >= 4 is 17.3 Å². The largest absolute Gasteiger partial charge is 0.494 e. The van der Waals surface area contributed by atoms with Crippen molar-refractivity contribution in [3.05, 3.63) is 42.0 Å². The van der Waals surface area contributed by atoms with Gasteiger partial charge in [0.25, 0.3) is 0 Å². The third kappa shape index (κ3) is 3.90. The molecule has 1 amide bonds. The van der Waals surface area contributed by atoms with Crippen LogP contribution in [0, 0.1) is 6.92 Å². The molecule has 0 spiro atoms. The van der Waals surface area contributed by atoms with Crippen LogP contribution in [-0.4, -0.2) is 19.3 Å². The van der Waals surface area contributed by atoms with Crippen molar-refractivity contribution in [2.45, 2.75) is 19.8 Å². The summed E-state index contributed by atoms with van der Waals surface area (Å²) >= 11 is 0. The number of benzene rings is 2. The van der Waals surface area contributed by atoms with Gasteiger partial charge in [0.05, 0.1) is 18.0 Å². The molecule has 0 aromatic heterocycles. The maximum atomic E-state index is 12.0. The molecule has 1 heterocycles. The number of fused-ring (bicyclic) bond motifs is 1. The number of hydrogen-bond donors (Lipinski definition) is 2. The number of carbonyl (C=O) groups excluding carboxylic acids is 1. The van der Waals surface area contributed by atoms with E-state index < -0.39 is 0 Å². The highest BCUT2D eigenvalue weighted by Gasteiger charge is 2.17. The zero-order chi connectivity index (χ0) is 16.9. The van der Waals surface area contributed by atoms with E-state index in [4.69, 9.17) is 19.9 Å². The first-order valence-electron chi connectivity index (χ1n) is 7.80. The normalized spacial score (nSPS) is 12.0. The second kappa shape index (κ2) is 7.12. The van der Waals surface area contributed by atoms with Gasteiger partial charge in [-0.25, -0.2) is 0 Å². The molecule has 24 heavy (non-hydrogen) atoms. The topological polar surface area (TPSA) is 82.8 Å². The minimum Gasteiger partial charge on any atom is -0.494 e. The SMILES string of the molecule is Cc1cccc(OCCCC(=O)Nc2cc3c(cc2N)OCO3)c1. The molecule has 1 aliphatic rings. The summed E-state index contributed by atoms with van der Waals surface area (Å²) in [7, 11) is 0. The van der Waals surface area contributed by atoms with Crippen molar-refractivity contribution in [2.75, 3.05) is 24.5 Å². The Balaban J connectivity index is 1.46. The monoisotopic (exact) mass is 328 g/mol. The summed E-state index contributed by atoms with van der Waals surface area (Å²) in [5, 5.41) is 2.79. The third-order valence-electron chi connectivity index (χ3n) is 3.63. The van der Waals surface area contributed by atoms with Crippen LogP contribution in [0.3, 0.4) is 0 Å². The Morgan fingerprint density at radius 1 is 1.25 bits per heavy atom. The maximum Gasteiger partial charge on any atom is 0.231 e. The Bertz CT molecular complexity index is 746. The Kier molecular flexibility index (Phi) is 4.74. The molecule has 0 saturated carbocycles. The predicted octanol–water partition coefficient (Wildman–Crippen LogP) is 3.10. The number of rotatable bonds is 6. The van der Waals surface area contributed by atoms with Gasteiger partial charge in [0.15, 0.2) is 11.5 Å². The quantitative estimate of drug-likeness (QED) is 0.629. The summed E-state index contributed by atoms with van der Waals surface area (Å²) in [5.74, 6) is 1.88. The Morgan fingerprint density at radius 2 is 2.04 bits per heavy atom. The molecular formula is C18H20N2O4. The number of nitrogens with one attached hydrogen (secondary N) is 1. The van der Waals surface area contributed by atoms with E-state index in [0.717, 1.165) is 11.3 Å². The average molecular weight is 328 g/mol. The molecule has 6 heteroatoms. The zero-order valence-corrected chi connectivity index (χ0v) is 13.5. The minimum absolute atomic E-state index is 0.117. The lowest BCUT2D eigenvalue weighted by molar-refractivity contribution is -0.116. The number of aryl methyl sites for hydroxylation is 1. The fourth-order valence-electron chi connectivity index (χ4n) is 2.41. The maximum absolute atomic E-state index is 12.0. The van der Waals surface area contributed by atoms with E-state index in [1.807, 2.05) is 31.2 Å². The molecule has 3 rings (SSSR count). The van der Waals surface area contributed by atoms with Crippen LogP contribution >= 0.6 is 0 Å². The van der Waals surface area contributed by atoms with Crippen LogP contribution in [0.1, 0.15) is 18.4 Å². The first kappa shape index (κ1) is 16.0. The number of nitrogens with two attached hydrogens (primary N) is 1. The summed E-state index contributed by atoms with van der Waals surface area (Å²) < 4.78 is 16.2. The highest BCUT2D eigenvalue weighted by Crippen LogP contribution is 2.38. The summed E-state index contributed by atoms with van der Waals surface area (Å²) in [4.78, 5) is 12.0. The van der Waals surface area contributed by atoms with Gasteiger partial charge in [-0.2, -0.15) is 0 Å². The number of hydrogen-bond acceptors (Lipinski definition) is 5. The second-order valence-electron chi connectivity index (χ2n) is 5.61. The molecule has 0 radical (unpaired) electrons. The summed E-state index contributed by atoms with van der Waals surface area (Å²) in [6.07, 6.45) is 0.962.